The van der Waals surface area contributed by atoms with Gasteiger partial charge in [0.25, 0.3) is 0 Å². The van der Waals surface area contributed by atoms with Crippen LogP contribution in [0.25, 0.3) is 0 Å². The second kappa shape index (κ2) is 5.85. The summed E-state index contributed by atoms with van der Waals surface area (Å²) in [5, 5.41) is 10.1. The highest BCUT2D eigenvalue weighted by atomic mass is 32.2. The van der Waals surface area contributed by atoms with Gasteiger partial charge in [0.05, 0.1) is 5.56 Å². The molecule has 2 N–H and O–H groups in total. The summed E-state index contributed by atoms with van der Waals surface area (Å²) >= 11 is 0.922. The largest absolute Gasteiger partial charge is 0.478 e. The fraction of sp³-hybridized carbons (Fsp3) is 0.417. The molecule has 0 bridgehead atoms. The highest BCUT2D eigenvalue weighted by Gasteiger charge is 2.18. The van der Waals surface area contributed by atoms with Gasteiger partial charge in [-0.25, -0.2) is 17.9 Å². The van der Waals surface area contributed by atoms with Crippen molar-refractivity contribution in [2.75, 3.05) is 6.54 Å². The Kier molecular flexibility index (Phi) is 4.38. The molecular formula is C12H15NO4S2. The van der Waals surface area contributed by atoms with Gasteiger partial charge < -0.3 is 5.11 Å². The van der Waals surface area contributed by atoms with Crippen molar-refractivity contribution >= 4 is 27.3 Å². The predicted octanol–water partition coefficient (Wildman–Crippen LogP) is 2.23. The lowest BCUT2D eigenvalue weighted by Crippen LogP contribution is -2.24. The molecule has 0 saturated carbocycles. The molecule has 1 aliphatic rings. The Morgan fingerprint density at radius 1 is 1.47 bits per heavy atom. The summed E-state index contributed by atoms with van der Waals surface area (Å²) in [6.07, 6.45) is 6.15. The molecule has 1 aliphatic carbocycles. The van der Waals surface area contributed by atoms with E-state index in [9.17, 15) is 13.2 Å². The number of thiophene rings is 1. The van der Waals surface area contributed by atoms with E-state index in [1.807, 2.05) is 0 Å². The number of rotatable bonds is 6. The first-order chi connectivity index (χ1) is 8.99. The summed E-state index contributed by atoms with van der Waals surface area (Å²) in [5.41, 5.74) is 1.30. The standard InChI is InChI=1S/C12H15NO4S2/c14-12(15)10-7-11(18-8-10)19(16,17)13-6-5-9-3-1-2-4-9/h3,7-8,13H,1-2,4-6H2,(H,14,15). The lowest BCUT2D eigenvalue weighted by molar-refractivity contribution is 0.0697. The summed E-state index contributed by atoms with van der Waals surface area (Å²) < 4.78 is 26.4. The molecule has 1 aromatic rings. The number of aromatic carboxylic acids is 1. The van der Waals surface area contributed by atoms with Crippen molar-refractivity contribution in [2.24, 2.45) is 0 Å². The summed E-state index contributed by atoms with van der Waals surface area (Å²) in [6, 6.07) is 1.18. The van der Waals surface area contributed by atoms with Crippen molar-refractivity contribution in [3.63, 3.8) is 0 Å². The van der Waals surface area contributed by atoms with Crippen LogP contribution in [0.4, 0.5) is 0 Å². The summed E-state index contributed by atoms with van der Waals surface area (Å²) in [4.78, 5) is 10.7. The minimum atomic E-state index is -3.59. The van der Waals surface area contributed by atoms with Crippen LogP contribution in [0.3, 0.4) is 0 Å². The van der Waals surface area contributed by atoms with E-state index in [0.29, 0.717) is 6.54 Å². The van der Waals surface area contributed by atoms with Crippen LogP contribution in [-0.4, -0.2) is 26.0 Å². The Morgan fingerprint density at radius 2 is 2.26 bits per heavy atom. The normalized spacial score (nSPS) is 15.5. The molecule has 0 atom stereocenters. The maximum absolute atomic E-state index is 11.9. The Labute approximate surface area is 116 Å². The van der Waals surface area contributed by atoms with Crippen LogP contribution < -0.4 is 4.72 Å². The second-order valence-electron chi connectivity index (χ2n) is 4.36. The van der Waals surface area contributed by atoms with Gasteiger partial charge in [-0.1, -0.05) is 11.6 Å². The van der Waals surface area contributed by atoms with Gasteiger partial charge in [0.1, 0.15) is 4.21 Å². The number of carbonyl (C=O) groups is 1. The number of allylic oxidation sites excluding steroid dienone is 1. The van der Waals surface area contributed by atoms with E-state index in [0.717, 1.165) is 37.0 Å². The van der Waals surface area contributed by atoms with Crippen molar-refractivity contribution < 1.29 is 18.3 Å². The minimum absolute atomic E-state index is 0.00359. The molecule has 0 aliphatic heterocycles. The first-order valence-electron chi connectivity index (χ1n) is 5.98. The Balaban J connectivity index is 1.95. The molecule has 5 nitrogen and oxygen atoms in total. The fourth-order valence-electron chi connectivity index (χ4n) is 1.95. The van der Waals surface area contributed by atoms with Crippen LogP contribution in [-0.2, 0) is 10.0 Å². The fourth-order valence-corrected chi connectivity index (χ4v) is 4.18. The zero-order valence-electron chi connectivity index (χ0n) is 10.3. The molecule has 0 radical (unpaired) electrons. The van der Waals surface area contributed by atoms with Crippen LogP contribution in [0.1, 0.15) is 36.0 Å². The van der Waals surface area contributed by atoms with Gasteiger partial charge in [0.2, 0.25) is 10.0 Å². The molecule has 0 fully saturated rings. The predicted molar refractivity (Wildman–Crippen MR) is 73.0 cm³/mol. The zero-order chi connectivity index (χ0) is 13.9. The van der Waals surface area contributed by atoms with Crippen LogP contribution in [0.15, 0.2) is 27.3 Å². The lowest BCUT2D eigenvalue weighted by Gasteiger charge is -2.05. The number of carboxylic acid groups (broad SMARTS) is 1. The third-order valence-electron chi connectivity index (χ3n) is 2.96. The number of sulfonamides is 1. The Bertz CT molecular complexity index is 601. The summed E-state index contributed by atoms with van der Waals surface area (Å²) in [7, 11) is -3.59. The van der Waals surface area contributed by atoms with Crippen LogP contribution >= 0.6 is 11.3 Å². The van der Waals surface area contributed by atoms with Gasteiger partial charge in [-0.15, -0.1) is 11.3 Å². The van der Waals surface area contributed by atoms with Gasteiger partial charge >= 0.3 is 5.97 Å². The van der Waals surface area contributed by atoms with E-state index in [1.54, 1.807) is 0 Å². The van der Waals surface area contributed by atoms with Crippen molar-refractivity contribution in [3.8, 4) is 0 Å². The lowest BCUT2D eigenvalue weighted by atomic mass is 10.2. The van der Waals surface area contributed by atoms with Crippen molar-refractivity contribution in [1.82, 2.24) is 4.72 Å². The van der Waals surface area contributed by atoms with E-state index in [-0.39, 0.29) is 9.77 Å². The van der Waals surface area contributed by atoms with E-state index in [4.69, 9.17) is 5.11 Å². The SMILES string of the molecule is O=C(O)c1csc(S(=O)(=O)NCCC2=CCCC2)c1. The molecule has 19 heavy (non-hydrogen) atoms. The van der Waals surface area contributed by atoms with Gasteiger partial charge in [0, 0.05) is 11.9 Å². The Morgan fingerprint density at radius 3 is 2.84 bits per heavy atom. The number of nitrogens with one attached hydrogen (secondary N) is 1. The molecule has 1 aromatic heterocycles. The first-order valence-corrected chi connectivity index (χ1v) is 8.35. The molecule has 0 aromatic carbocycles. The minimum Gasteiger partial charge on any atom is -0.478 e. The van der Waals surface area contributed by atoms with Crippen LogP contribution in [0, 0.1) is 0 Å². The first kappa shape index (κ1) is 14.2. The van der Waals surface area contributed by atoms with Gasteiger partial charge in [-0.2, -0.15) is 0 Å². The molecule has 0 unspecified atom stereocenters. The highest BCUT2D eigenvalue weighted by molar-refractivity contribution is 7.91. The van der Waals surface area contributed by atoms with Gasteiger partial charge in [-0.05, 0) is 31.7 Å². The van der Waals surface area contributed by atoms with E-state index < -0.39 is 16.0 Å². The molecule has 2 rings (SSSR count). The molecule has 0 saturated heterocycles. The monoisotopic (exact) mass is 301 g/mol. The molecule has 7 heteroatoms. The van der Waals surface area contributed by atoms with E-state index in [2.05, 4.69) is 10.8 Å². The second-order valence-corrected chi connectivity index (χ2v) is 7.27. The smallest absolute Gasteiger partial charge is 0.336 e. The topological polar surface area (TPSA) is 83.5 Å². The molecule has 104 valence electrons. The van der Waals surface area contributed by atoms with Crippen molar-refractivity contribution in [1.29, 1.82) is 0 Å². The van der Waals surface area contributed by atoms with E-state index in [1.165, 1.54) is 17.0 Å². The number of hydrogen-bond donors (Lipinski definition) is 2. The number of hydrogen-bond acceptors (Lipinski definition) is 4. The van der Waals surface area contributed by atoms with Crippen molar-refractivity contribution in [2.45, 2.75) is 29.9 Å². The average Bonchev–Trinajstić information content (AvgIpc) is 2.99. The van der Waals surface area contributed by atoms with Crippen molar-refractivity contribution in [3.05, 3.63) is 28.7 Å². The molecular weight excluding hydrogens is 286 g/mol. The third-order valence-corrected chi connectivity index (χ3v) is 5.86. The van der Waals surface area contributed by atoms with Gasteiger partial charge in [-0.3, -0.25) is 0 Å². The highest BCUT2D eigenvalue weighted by Crippen LogP contribution is 2.22. The zero-order valence-corrected chi connectivity index (χ0v) is 11.9. The van der Waals surface area contributed by atoms with E-state index >= 15 is 0 Å². The third kappa shape index (κ3) is 3.65. The average molecular weight is 301 g/mol. The molecule has 0 amide bonds. The number of carboxylic acids is 1. The summed E-state index contributed by atoms with van der Waals surface area (Å²) in [5.74, 6) is -1.12. The quantitative estimate of drug-likeness (QED) is 0.789. The maximum Gasteiger partial charge on any atom is 0.336 e. The van der Waals surface area contributed by atoms with Crippen LogP contribution in [0.5, 0.6) is 0 Å². The Hall–Kier alpha value is -1.18. The van der Waals surface area contributed by atoms with Crippen LogP contribution in [0.2, 0.25) is 0 Å². The van der Waals surface area contributed by atoms with Gasteiger partial charge in [0.15, 0.2) is 0 Å². The molecule has 1 heterocycles. The maximum atomic E-state index is 11.9. The molecule has 0 spiro atoms. The summed E-state index contributed by atoms with van der Waals surface area (Å²) in [6.45, 7) is 0.356.